The van der Waals surface area contributed by atoms with Crippen molar-refractivity contribution in [2.75, 3.05) is 13.1 Å². The second-order valence-corrected chi connectivity index (χ2v) is 37.6. The molecule has 574 valence electrons. The van der Waals surface area contributed by atoms with Crippen LogP contribution in [0.2, 0.25) is 0 Å². The van der Waals surface area contributed by atoms with Gasteiger partial charge in [0.05, 0.1) is 32.3 Å². The van der Waals surface area contributed by atoms with E-state index in [1.165, 1.54) is 292 Å². The first-order valence-electron chi connectivity index (χ1n) is 43.1. The summed E-state index contributed by atoms with van der Waals surface area (Å²) in [6, 6.07) is 45.1. The Hall–Kier alpha value is -4.94. The van der Waals surface area contributed by atoms with Crippen molar-refractivity contribution in [1.29, 1.82) is 0 Å². The van der Waals surface area contributed by atoms with E-state index in [2.05, 4.69) is 170 Å². The van der Waals surface area contributed by atoms with Crippen LogP contribution in [0.1, 0.15) is 329 Å². The molecule has 6 aromatic heterocycles. The van der Waals surface area contributed by atoms with E-state index in [9.17, 15) is 0 Å². The maximum absolute atomic E-state index is 16.6. The Morgan fingerprint density at radius 3 is 0.802 bits per heavy atom. The van der Waals surface area contributed by atoms with E-state index in [-0.39, 0.29) is 11.8 Å². The minimum Gasteiger partial charge on any atom is -0.306 e. The Morgan fingerprint density at radius 2 is 0.509 bits per heavy atom. The van der Waals surface area contributed by atoms with Crippen molar-refractivity contribution < 1.29 is 9.59 Å². The molecule has 0 N–H and O–H groups in total. The van der Waals surface area contributed by atoms with Crippen molar-refractivity contribution in [2.24, 2.45) is 11.8 Å². The first-order chi connectivity index (χ1) is 52.3. The highest BCUT2D eigenvalue weighted by Gasteiger charge is 2.50. The highest BCUT2D eigenvalue weighted by Crippen LogP contribution is 2.52. The van der Waals surface area contributed by atoms with Gasteiger partial charge in [0.15, 0.2) is 0 Å². The van der Waals surface area contributed by atoms with Crippen LogP contribution in [0.25, 0.3) is 50.4 Å². The fourth-order valence-electron chi connectivity index (χ4n) is 16.4. The van der Waals surface area contributed by atoms with Crippen LogP contribution in [-0.4, -0.2) is 34.7 Å². The predicted molar refractivity (Wildman–Crippen MR) is 470 cm³/mol. The van der Waals surface area contributed by atoms with Crippen LogP contribution < -0.4 is 0 Å². The SMILES string of the molecule is CCCCCCCCCCCCC(CCCCCCCCCC)CN1C(=O)C2=C(c3ccc(-c4ccc(-c5cc(CCCc6ccccc6)cs5)s4)s3)N(CC(CCCCCCCCCC)CCCCCCCCCCCC)C(=O)C2=C1c1ccc(-c2ccc(-c3cc(CCCc4ccccc4)cs3)s2)s1. The third-order valence-corrected chi connectivity index (χ3v) is 29.7. The van der Waals surface area contributed by atoms with Crippen LogP contribution >= 0.6 is 68.0 Å². The standard InChI is InChI=1S/C96H132N2O2S6/c1-5-9-13-17-21-25-27-31-35-41-55-77(53-39-33-29-23-19-15-11-7-3)71-97-93(87-67-65-83(105-87)81-61-63-85(103-81)89-69-79(73-101-89)59-47-57-75-49-43-37-44-50-75)91-92(95(97)99)94(88-68-66-84(106-88)82-62-64-86(104-82)90-70-80(74-102-90)60-48-58-76-51-45-38-46-52-76)98(96(91)100)72-78(54-40-34-30-24-20-16-12-8-4)56-42-36-32-28-26-22-18-14-10-6-2/h37-38,43-46,49-52,61-70,73-74,77-78H,5-36,39-42,47-48,53-60,71-72H2,1-4H3. The van der Waals surface area contributed by atoms with Crippen molar-refractivity contribution >= 4 is 91.2 Å². The van der Waals surface area contributed by atoms with Gasteiger partial charge in [-0.05, 0) is 170 Å². The van der Waals surface area contributed by atoms with Gasteiger partial charge in [0, 0.05) is 52.1 Å². The van der Waals surface area contributed by atoms with E-state index in [0.29, 0.717) is 36.1 Å². The fraction of sp³-hybridized carbons (Fsp3) is 0.562. The molecule has 10 rings (SSSR count). The molecular weight excluding hydrogens is 1410 g/mol. The minimum atomic E-state index is 0.0467. The number of unbranched alkanes of at least 4 members (excludes halogenated alkanes) is 32. The topological polar surface area (TPSA) is 40.6 Å². The summed E-state index contributed by atoms with van der Waals surface area (Å²) in [7, 11) is 0. The summed E-state index contributed by atoms with van der Waals surface area (Å²) in [5, 5.41) is 4.73. The molecule has 0 radical (unpaired) electrons. The molecule has 0 saturated carbocycles. The van der Waals surface area contributed by atoms with Crippen LogP contribution in [0, 0.1) is 11.8 Å². The normalized spacial score (nSPS) is 13.8. The molecule has 106 heavy (non-hydrogen) atoms. The van der Waals surface area contributed by atoms with Gasteiger partial charge in [-0.2, -0.15) is 0 Å². The zero-order chi connectivity index (χ0) is 73.6. The number of benzene rings is 2. The molecule has 2 unspecified atom stereocenters. The average molecular weight is 1540 g/mol. The number of aryl methyl sites for hydroxylation is 4. The first-order valence-corrected chi connectivity index (χ1v) is 48.1. The Labute approximate surface area is 667 Å². The Morgan fingerprint density at radius 1 is 0.264 bits per heavy atom. The van der Waals surface area contributed by atoms with Crippen LogP contribution in [0.3, 0.4) is 0 Å². The van der Waals surface area contributed by atoms with E-state index in [1.54, 1.807) is 22.7 Å². The summed E-state index contributed by atoms with van der Waals surface area (Å²) in [6.07, 6.45) is 58.1. The summed E-state index contributed by atoms with van der Waals surface area (Å²) in [6.45, 7) is 10.6. The van der Waals surface area contributed by atoms with E-state index in [0.717, 1.165) is 85.4 Å². The predicted octanol–water partition coefficient (Wildman–Crippen LogP) is 31.8. The van der Waals surface area contributed by atoms with E-state index < -0.39 is 0 Å². The molecule has 0 aliphatic carbocycles. The number of thiophene rings is 6. The number of fused-ring (bicyclic) bond motifs is 1. The van der Waals surface area contributed by atoms with E-state index in [1.807, 2.05) is 45.3 Å². The molecule has 2 aliphatic rings. The number of hydrogen-bond donors (Lipinski definition) is 0. The molecule has 0 spiro atoms. The van der Waals surface area contributed by atoms with Crippen molar-refractivity contribution in [1.82, 2.24) is 9.80 Å². The molecule has 10 heteroatoms. The summed E-state index contributed by atoms with van der Waals surface area (Å²) >= 11 is 11.1. The van der Waals surface area contributed by atoms with Crippen LogP contribution in [-0.2, 0) is 35.3 Å². The van der Waals surface area contributed by atoms with E-state index in [4.69, 9.17) is 0 Å². The largest absolute Gasteiger partial charge is 0.306 e. The minimum absolute atomic E-state index is 0.0467. The lowest BCUT2D eigenvalue weighted by Crippen LogP contribution is -2.34. The molecule has 8 heterocycles. The summed E-state index contributed by atoms with van der Waals surface area (Å²) in [5.74, 6) is 0.794. The molecule has 0 bridgehead atoms. The summed E-state index contributed by atoms with van der Waals surface area (Å²) in [5.41, 5.74) is 8.74. The molecule has 2 aromatic carbocycles. The first kappa shape index (κ1) is 83.5. The molecule has 2 atom stereocenters. The van der Waals surface area contributed by atoms with Gasteiger partial charge in [-0.1, -0.05) is 320 Å². The smallest absolute Gasteiger partial charge is 0.261 e. The van der Waals surface area contributed by atoms with Crippen molar-refractivity contribution in [2.45, 2.75) is 323 Å². The Bertz CT molecular complexity index is 3560. The second kappa shape index (κ2) is 48.0. The van der Waals surface area contributed by atoms with Crippen LogP contribution in [0.15, 0.2) is 143 Å². The van der Waals surface area contributed by atoms with Gasteiger partial charge in [0.2, 0.25) is 0 Å². The third-order valence-electron chi connectivity index (χ3n) is 22.6. The number of carbonyl (C=O) groups is 2. The van der Waals surface area contributed by atoms with Gasteiger partial charge in [0.1, 0.15) is 0 Å². The number of rotatable bonds is 58. The van der Waals surface area contributed by atoms with Crippen molar-refractivity contribution in [3.63, 3.8) is 0 Å². The summed E-state index contributed by atoms with van der Waals surface area (Å²) in [4.78, 5) is 49.9. The van der Waals surface area contributed by atoms with Gasteiger partial charge in [-0.25, -0.2) is 0 Å². The monoisotopic (exact) mass is 1540 g/mol. The van der Waals surface area contributed by atoms with Gasteiger partial charge in [-0.15, -0.1) is 68.0 Å². The summed E-state index contributed by atoms with van der Waals surface area (Å²) < 4.78 is 0. The highest BCUT2D eigenvalue weighted by atomic mass is 32.1. The molecule has 2 aliphatic heterocycles. The van der Waals surface area contributed by atoms with Crippen LogP contribution in [0.4, 0.5) is 0 Å². The molecular formula is C96H132N2O2S6. The lowest BCUT2D eigenvalue weighted by molar-refractivity contribution is -0.124. The zero-order valence-corrected chi connectivity index (χ0v) is 70.9. The van der Waals surface area contributed by atoms with Crippen LogP contribution in [0.5, 0.6) is 0 Å². The lowest BCUT2D eigenvalue weighted by atomic mass is 9.93. The highest BCUT2D eigenvalue weighted by molar-refractivity contribution is 7.27. The van der Waals surface area contributed by atoms with Crippen molar-refractivity contribution in [3.8, 4) is 39.0 Å². The number of hydrogen-bond acceptors (Lipinski definition) is 8. The zero-order valence-electron chi connectivity index (χ0n) is 66.0. The molecule has 0 saturated heterocycles. The fourth-order valence-corrected chi connectivity index (χ4v) is 22.8. The second-order valence-electron chi connectivity index (χ2n) is 31.5. The van der Waals surface area contributed by atoms with Gasteiger partial charge >= 0.3 is 0 Å². The van der Waals surface area contributed by atoms with Gasteiger partial charge in [-0.3, -0.25) is 9.59 Å². The third kappa shape index (κ3) is 26.6. The molecule has 2 amide bonds. The number of nitrogens with zero attached hydrogens (tertiary/aromatic N) is 2. The number of carbonyl (C=O) groups excluding carboxylic acids is 2. The maximum atomic E-state index is 16.6. The average Bonchev–Trinajstić information content (AvgIpc) is 1.55. The van der Waals surface area contributed by atoms with Gasteiger partial charge < -0.3 is 9.80 Å². The Kier molecular flexibility index (Phi) is 37.8. The van der Waals surface area contributed by atoms with E-state index >= 15 is 9.59 Å². The lowest BCUT2D eigenvalue weighted by Gasteiger charge is -2.29. The van der Waals surface area contributed by atoms with Gasteiger partial charge in [0.25, 0.3) is 11.8 Å². The Balaban J connectivity index is 0.980. The maximum Gasteiger partial charge on any atom is 0.261 e. The quantitative estimate of drug-likeness (QED) is 0.0357. The van der Waals surface area contributed by atoms with Crippen molar-refractivity contribution in [3.05, 3.63) is 175 Å². The number of amides is 2. The molecule has 4 nitrogen and oxygen atoms in total. The molecule has 0 fully saturated rings. The molecule has 8 aromatic rings.